The molecule has 0 amide bonds. The van der Waals surface area contributed by atoms with Gasteiger partial charge in [-0.25, -0.2) is 0 Å². The summed E-state index contributed by atoms with van der Waals surface area (Å²) in [4.78, 5) is 0. The molecule has 1 saturated heterocycles. The summed E-state index contributed by atoms with van der Waals surface area (Å²) in [6.45, 7) is 0.838. The number of hydrogen-bond donors (Lipinski definition) is 2. The third kappa shape index (κ3) is 3.42. The van der Waals surface area contributed by atoms with Crippen molar-refractivity contribution in [2.24, 2.45) is 5.84 Å². The van der Waals surface area contributed by atoms with E-state index in [0.29, 0.717) is 0 Å². The van der Waals surface area contributed by atoms with E-state index in [1.54, 1.807) is 14.2 Å². The van der Waals surface area contributed by atoms with Gasteiger partial charge < -0.3 is 14.2 Å². The second kappa shape index (κ2) is 7.47. The second-order valence-electron chi connectivity index (χ2n) is 5.02. The molecule has 2 unspecified atom stereocenters. The van der Waals surface area contributed by atoms with Crippen LogP contribution in [0.3, 0.4) is 0 Å². The molecule has 2 atom stereocenters. The molecule has 2 rings (SSSR count). The molecule has 1 heterocycles. The van der Waals surface area contributed by atoms with Crippen molar-refractivity contribution < 1.29 is 14.2 Å². The molecule has 112 valence electrons. The largest absolute Gasteiger partial charge is 0.496 e. The van der Waals surface area contributed by atoms with Crippen LogP contribution in [0.1, 0.15) is 37.3 Å². The molecule has 1 aromatic carbocycles. The monoisotopic (exact) mass is 280 g/mol. The van der Waals surface area contributed by atoms with Gasteiger partial charge in [-0.1, -0.05) is 6.07 Å². The normalized spacial score (nSPS) is 20.4. The number of nitrogens with one attached hydrogen (secondary N) is 1. The number of methoxy groups -OCH3 is 2. The Morgan fingerprint density at radius 3 is 2.50 bits per heavy atom. The van der Waals surface area contributed by atoms with Gasteiger partial charge in [0, 0.05) is 6.61 Å². The maximum Gasteiger partial charge on any atom is 0.127 e. The molecule has 3 N–H and O–H groups in total. The zero-order valence-corrected chi connectivity index (χ0v) is 12.2. The van der Waals surface area contributed by atoms with Crippen molar-refractivity contribution in [3.63, 3.8) is 0 Å². The van der Waals surface area contributed by atoms with Crippen LogP contribution < -0.4 is 20.7 Å². The third-order valence-corrected chi connectivity index (χ3v) is 3.79. The summed E-state index contributed by atoms with van der Waals surface area (Å²) in [5.74, 6) is 7.31. The van der Waals surface area contributed by atoms with Gasteiger partial charge in [0.05, 0.1) is 31.9 Å². The standard InChI is InChI=1S/C15H24N2O3/c1-18-13-7-5-8-14(19-2)15(13)12(17-16)10-11-6-3-4-9-20-11/h5,7-8,11-12,17H,3-4,6,9-10,16H2,1-2H3. The molecular formula is C15H24N2O3. The lowest BCUT2D eigenvalue weighted by Gasteiger charge is -2.28. The van der Waals surface area contributed by atoms with E-state index >= 15 is 0 Å². The Hall–Kier alpha value is -1.30. The lowest BCUT2D eigenvalue weighted by Crippen LogP contribution is -2.33. The van der Waals surface area contributed by atoms with E-state index in [-0.39, 0.29) is 12.1 Å². The van der Waals surface area contributed by atoms with Crippen LogP contribution >= 0.6 is 0 Å². The topological polar surface area (TPSA) is 65.7 Å². The van der Waals surface area contributed by atoms with Crippen LogP contribution in [0.5, 0.6) is 11.5 Å². The predicted octanol–water partition coefficient (Wildman–Crippen LogP) is 2.17. The molecule has 0 bridgehead atoms. The van der Waals surface area contributed by atoms with E-state index in [0.717, 1.165) is 42.9 Å². The molecule has 1 aliphatic heterocycles. The SMILES string of the molecule is COc1cccc(OC)c1C(CC1CCCCO1)NN. The van der Waals surface area contributed by atoms with E-state index in [9.17, 15) is 0 Å². The summed E-state index contributed by atoms with van der Waals surface area (Å²) in [7, 11) is 3.31. The zero-order valence-electron chi connectivity index (χ0n) is 12.2. The van der Waals surface area contributed by atoms with Crippen LogP contribution in [0.2, 0.25) is 0 Å². The number of ether oxygens (including phenoxy) is 3. The van der Waals surface area contributed by atoms with Gasteiger partial charge >= 0.3 is 0 Å². The van der Waals surface area contributed by atoms with Crippen LogP contribution in [-0.4, -0.2) is 26.9 Å². The molecule has 1 aliphatic rings. The van der Waals surface area contributed by atoms with Crippen LogP contribution in [0.25, 0.3) is 0 Å². The first-order valence-electron chi connectivity index (χ1n) is 7.08. The Balaban J connectivity index is 2.21. The molecule has 0 spiro atoms. The van der Waals surface area contributed by atoms with Gasteiger partial charge in [0.15, 0.2) is 0 Å². The lowest BCUT2D eigenvalue weighted by atomic mass is 9.95. The van der Waals surface area contributed by atoms with Crippen molar-refractivity contribution >= 4 is 0 Å². The van der Waals surface area contributed by atoms with Crippen molar-refractivity contribution in [1.82, 2.24) is 5.43 Å². The minimum Gasteiger partial charge on any atom is -0.496 e. The molecule has 1 fully saturated rings. The van der Waals surface area contributed by atoms with Gasteiger partial charge in [-0.2, -0.15) is 0 Å². The Labute approximate surface area is 120 Å². The van der Waals surface area contributed by atoms with Gasteiger partial charge in [-0.05, 0) is 37.8 Å². The van der Waals surface area contributed by atoms with Crippen molar-refractivity contribution in [3.8, 4) is 11.5 Å². The maximum atomic E-state index is 5.80. The fourth-order valence-electron chi connectivity index (χ4n) is 2.75. The molecule has 5 nitrogen and oxygen atoms in total. The minimum atomic E-state index is -0.0517. The number of hydrazine groups is 1. The molecule has 0 aliphatic carbocycles. The zero-order chi connectivity index (χ0) is 14.4. The van der Waals surface area contributed by atoms with Gasteiger partial charge in [0.25, 0.3) is 0 Å². The number of nitrogens with two attached hydrogens (primary N) is 1. The Kier molecular flexibility index (Phi) is 5.64. The summed E-state index contributed by atoms with van der Waals surface area (Å²) >= 11 is 0. The summed E-state index contributed by atoms with van der Waals surface area (Å²) in [5, 5.41) is 0. The average Bonchev–Trinajstić information content (AvgIpc) is 2.52. The highest BCUT2D eigenvalue weighted by atomic mass is 16.5. The molecule has 0 aromatic heterocycles. The fourth-order valence-corrected chi connectivity index (χ4v) is 2.75. The number of benzene rings is 1. The summed E-state index contributed by atoms with van der Waals surface area (Å²) < 4.78 is 16.7. The van der Waals surface area contributed by atoms with Crippen LogP contribution in [0, 0.1) is 0 Å². The average molecular weight is 280 g/mol. The highest BCUT2D eigenvalue weighted by Crippen LogP contribution is 2.36. The quantitative estimate of drug-likeness (QED) is 0.617. The van der Waals surface area contributed by atoms with Crippen LogP contribution in [0.4, 0.5) is 0 Å². The van der Waals surface area contributed by atoms with E-state index in [2.05, 4.69) is 5.43 Å². The van der Waals surface area contributed by atoms with Crippen molar-refractivity contribution in [2.75, 3.05) is 20.8 Å². The van der Waals surface area contributed by atoms with Gasteiger partial charge in [0.2, 0.25) is 0 Å². The Morgan fingerprint density at radius 1 is 1.30 bits per heavy atom. The summed E-state index contributed by atoms with van der Waals surface area (Å²) in [6.07, 6.45) is 4.49. The maximum absolute atomic E-state index is 5.80. The first-order chi connectivity index (χ1) is 9.80. The van der Waals surface area contributed by atoms with Gasteiger partial charge in [-0.15, -0.1) is 0 Å². The summed E-state index contributed by atoms with van der Waals surface area (Å²) in [6, 6.07) is 5.70. The van der Waals surface area contributed by atoms with Crippen LogP contribution in [0.15, 0.2) is 18.2 Å². The minimum absolute atomic E-state index is 0.0517. The molecular weight excluding hydrogens is 256 g/mol. The van der Waals surface area contributed by atoms with Crippen molar-refractivity contribution in [1.29, 1.82) is 0 Å². The van der Waals surface area contributed by atoms with E-state index < -0.39 is 0 Å². The fraction of sp³-hybridized carbons (Fsp3) is 0.600. The van der Waals surface area contributed by atoms with E-state index in [1.165, 1.54) is 6.42 Å². The highest BCUT2D eigenvalue weighted by Gasteiger charge is 2.25. The summed E-state index contributed by atoms with van der Waals surface area (Å²) in [5.41, 5.74) is 3.83. The lowest BCUT2D eigenvalue weighted by molar-refractivity contribution is 0.00478. The van der Waals surface area contributed by atoms with Crippen molar-refractivity contribution in [3.05, 3.63) is 23.8 Å². The molecule has 0 saturated carbocycles. The second-order valence-corrected chi connectivity index (χ2v) is 5.02. The van der Waals surface area contributed by atoms with E-state index in [1.807, 2.05) is 18.2 Å². The van der Waals surface area contributed by atoms with Gasteiger partial charge in [-0.3, -0.25) is 11.3 Å². The Morgan fingerprint density at radius 2 is 2.00 bits per heavy atom. The highest BCUT2D eigenvalue weighted by molar-refractivity contribution is 5.47. The van der Waals surface area contributed by atoms with Gasteiger partial charge in [0.1, 0.15) is 11.5 Å². The first-order valence-corrected chi connectivity index (χ1v) is 7.08. The molecule has 1 aromatic rings. The van der Waals surface area contributed by atoms with Crippen molar-refractivity contribution in [2.45, 2.75) is 37.8 Å². The van der Waals surface area contributed by atoms with Crippen LogP contribution in [-0.2, 0) is 4.74 Å². The van der Waals surface area contributed by atoms with E-state index in [4.69, 9.17) is 20.1 Å². The first kappa shape index (κ1) is 15.1. The third-order valence-electron chi connectivity index (χ3n) is 3.79. The predicted molar refractivity (Wildman–Crippen MR) is 77.8 cm³/mol. The smallest absolute Gasteiger partial charge is 0.127 e. The number of hydrogen-bond acceptors (Lipinski definition) is 5. The molecule has 0 radical (unpaired) electrons. The molecule has 5 heteroatoms. The Bertz CT molecular complexity index is 397. The molecule has 20 heavy (non-hydrogen) atoms. The number of rotatable bonds is 6.